The number of hydrogen-bond acceptors (Lipinski definition) is 5. The van der Waals surface area contributed by atoms with Crippen LogP contribution in [0.15, 0.2) is 0 Å². The van der Waals surface area contributed by atoms with Crippen LogP contribution in [0, 0.1) is 20.2 Å². The van der Waals surface area contributed by atoms with Gasteiger partial charge in [0.2, 0.25) is 0 Å². The van der Waals surface area contributed by atoms with Crippen LogP contribution in [-0.2, 0) is 27.5 Å². The Balaban J connectivity index is -0.00000000571. The van der Waals surface area contributed by atoms with Crippen molar-refractivity contribution in [3.05, 3.63) is 20.2 Å². The molecule has 106 valence electrons. The van der Waals surface area contributed by atoms with Crippen molar-refractivity contribution < 1.29 is 81.0 Å². The Morgan fingerprint density at radius 3 is 0.688 bits per heavy atom. The predicted octanol–water partition coefficient (Wildman–Crippen LogP) is -5.76. The quantitative estimate of drug-likeness (QED) is 0.316. The van der Waals surface area contributed by atoms with Gasteiger partial charge >= 0.3 is 27.5 Å². The maximum atomic E-state index is 8.36. The van der Waals surface area contributed by atoms with Gasteiger partial charge in [0.15, 0.2) is 0 Å². The molecule has 0 saturated heterocycles. The molecule has 0 fully saturated rings. The molecule has 0 atom stereocenters. The van der Waals surface area contributed by atoms with Gasteiger partial charge in [-0.05, 0) is 0 Å². The first-order chi connectivity index (χ1) is 4.46. The Morgan fingerprint density at radius 1 is 0.688 bits per heavy atom. The van der Waals surface area contributed by atoms with Crippen LogP contribution in [-0.4, -0.2) is 53.4 Å². The summed E-state index contributed by atoms with van der Waals surface area (Å²) in [6.07, 6.45) is 0. The van der Waals surface area contributed by atoms with Crippen LogP contribution in [0.5, 0.6) is 0 Å². The van der Waals surface area contributed by atoms with Crippen LogP contribution in [0.25, 0.3) is 0 Å². The van der Waals surface area contributed by atoms with E-state index in [0.717, 1.165) is 0 Å². The monoisotopic (exact) mass is 340 g/mol. The SMILES string of the molecule is O.O.O.O.O.O.O=[N+]([O-])O.O=[N+]([O-])O.[O]=[Zr]. The summed E-state index contributed by atoms with van der Waals surface area (Å²) in [5.41, 5.74) is 0. The molecule has 0 aliphatic heterocycles. The van der Waals surface area contributed by atoms with Crippen molar-refractivity contribution >= 4 is 0 Å². The molecule has 0 rings (SSSR count). The molecule has 0 aromatic carbocycles. The minimum atomic E-state index is -1.50. The van der Waals surface area contributed by atoms with Gasteiger partial charge in [-0.2, -0.15) is 0 Å². The summed E-state index contributed by atoms with van der Waals surface area (Å²) in [5.74, 6) is 0. The Morgan fingerprint density at radius 2 is 0.688 bits per heavy atom. The summed E-state index contributed by atoms with van der Waals surface area (Å²) in [7, 11) is 0. The van der Waals surface area contributed by atoms with Gasteiger partial charge in [0.25, 0.3) is 10.2 Å². The Hall–Kier alpha value is -1.16. The average molecular weight is 341 g/mol. The van der Waals surface area contributed by atoms with E-state index in [2.05, 4.69) is 0 Å². The molecule has 0 aromatic heterocycles. The number of hydrogen-bond donors (Lipinski definition) is 2. The van der Waals surface area contributed by atoms with Gasteiger partial charge in [0, 0.05) is 0 Å². The third-order valence-corrected chi connectivity index (χ3v) is 0. The molecular formula is H14N2O13Zr. The first-order valence-electron chi connectivity index (χ1n) is 1.33. The molecule has 0 aromatic rings. The van der Waals surface area contributed by atoms with Crippen LogP contribution in [0.2, 0.25) is 0 Å². The van der Waals surface area contributed by atoms with Crippen molar-refractivity contribution in [1.29, 1.82) is 0 Å². The molecule has 0 aliphatic carbocycles. The van der Waals surface area contributed by atoms with Crippen molar-refractivity contribution in [3.8, 4) is 0 Å². The average Bonchev–Trinajstić information content (AvgIpc) is 1.66. The van der Waals surface area contributed by atoms with Gasteiger partial charge < -0.3 is 43.3 Å². The van der Waals surface area contributed by atoms with E-state index in [9.17, 15) is 0 Å². The third-order valence-electron chi connectivity index (χ3n) is 0. The van der Waals surface area contributed by atoms with Crippen LogP contribution < -0.4 is 0 Å². The Labute approximate surface area is 102 Å². The second-order valence-corrected chi connectivity index (χ2v) is 0.476. The Bertz CT molecular complexity index is 82.1. The molecule has 15 nitrogen and oxygen atoms in total. The van der Waals surface area contributed by atoms with E-state index in [1.807, 2.05) is 0 Å². The van der Waals surface area contributed by atoms with Gasteiger partial charge in [-0.3, -0.25) is 0 Å². The number of nitrogens with zero attached hydrogens (tertiary/aromatic N) is 2. The van der Waals surface area contributed by atoms with Gasteiger partial charge in [-0.25, -0.2) is 0 Å². The first kappa shape index (κ1) is 83.3. The van der Waals surface area contributed by atoms with Gasteiger partial charge in [0.05, 0.1) is 0 Å². The molecule has 0 aliphatic rings. The Kier molecular flexibility index (Phi) is 507. The van der Waals surface area contributed by atoms with E-state index in [4.69, 9.17) is 33.5 Å². The van der Waals surface area contributed by atoms with E-state index in [1.54, 1.807) is 0 Å². The van der Waals surface area contributed by atoms with Crippen molar-refractivity contribution in [2.45, 2.75) is 0 Å². The molecule has 0 spiro atoms. The van der Waals surface area contributed by atoms with E-state index in [1.165, 1.54) is 0 Å². The normalized spacial score (nSPS) is 3.19. The summed E-state index contributed by atoms with van der Waals surface area (Å²) in [4.78, 5) is 16.7. The molecule has 0 saturated carbocycles. The van der Waals surface area contributed by atoms with Gasteiger partial charge in [-0.1, -0.05) is 0 Å². The fourth-order valence-corrected chi connectivity index (χ4v) is 0. The topological polar surface area (TPSA) is 333 Å². The molecule has 0 heterocycles. The van der Waals surface area contributed by atoms with Crippen LogP contribution in [0.1, 0.15) is 0 Å². The third kappa shape index (κ3) is 1350. The van der Waals surface area contributed by atoms with Gasteiger partial charge in [-0.15, -0.1) is 20.2 Å². The minimum absolute atomic E-state index is 0. The summed E-state index contributed by atoms with van der Waals surface area (Å²) < 4.78 is 8.34. The molecule has 16 heavy (non-hydrogen) atoms. The first-order valence-corrected chi connectivity index (χ1v) is 2.34. The summed E-state index contributed by atoms with van der Waals surface area (Å²) in [6, 6.07) is 0. The zero-order valence-electron chi connectivity index (χ0n) is 7.33. The van der Waals surface area contributed by atoms with E-state index >= 15 is 0 Å². The summed E-state index contributed by atoms with van der Waals surface area (Å²) in [5, 5.41) is 27.3. The van der Waals surface area contributed by atoms with E-state index < -0.39 is 10.2 Å². The van der Waals surface area contributed by atoms with Crippen molar-refractivity contribution in [1.82, 2.24) is 0 Å². The van der Waals surface area contributed by atoms with Crippen molar-refractivity contribution in [3.63, 3.8) is 0 Å². The standard InChI is InChI=1S/2HNO3.6H2O.O.Zr/c2*2-1(3)4;;;;;;;;/h2*(H,2,3,4);6*1H2;;. The van der Waals surface area contributed by atoms with Crippen molar-refractivity contribution in [2.24, 2.45) is 0 Å². The zero-order chi connectivity index (χ0) is 9.15. The van der Waals surface area contributed by atoms with Crippen LogP contribution >= 0.6 is 0 Å². The molecule has 16 heteroatoms. The fraction of sp³-hybridized carbons (Fsp3) is 0. The van der Waals surface area contributed by atoms with Crippen LogP contribution in [0.4, 0.5) is 0 Å². The molecule has 0 amide bonds. The number of rotatable bonds is 0. The zero-order valence-corrected chi connectivity index (χ0v) is 9.79. The summed E-state index contributed by atoms with van der Waals surface area (Å²) >= 11 is 0.300. The predicted molar refractivity (Wildman–Crippen MR) is 39.9 cm³/mol. The fourth-order valence-electron chi connectivity index (χ4n) is 0. The summed E-state index contributed by atoms with van der Waals surface area (Å²) in [6.45, 7) is 0. The second-order valence-electron chi connectivity index (χ2n) is 0.476. The molecule has 0 bridgehead atoms. The van der Waals surface area contributed by atoms with E-state index in [0.29, 0.717) is 24.7 Å². The maximum absolute atomic E-state index is 8.36. The molecule has 14 N–H and O–H groups in total. The van der Waals surface area contributed by atoms with E-state index in [-0.39, 0.29) is 32.9 Å². The van der Waals surface area contributed by atoms with Crippen molar-refractivity contribution in [2.75, 3.05) is 0 Å². The van der Waals surface area contributed by atoms with Crippen LogP contribution in [0.3, 0.4) is 0 Å². The molecule has 0 unspecified atom stereocenters. The van der Waals surface area contributed by atoms with Gasteiger partial charge in [0.1, 0.15) is 0 Å². The molecular weight excluding hydrogens is 327 g/mol. The molecule has 0 radical (unpaired) electrons. The second kappa shape index (κ2) is 97.3.